The number of anilines is 1. The van der Waals surface area contributed by atoms with Crippen molar-refractivity contribution in [3.8, 4) is 0 Å². The highest BCUT2D eigenvalue weighted by molar-refractivity contribution is 6.23. The molecule has 3 aliphatic heterocycles. The fraction of sp³-hybridized carbons (Fsp3) is 0.545. The largest absolute Gasteiger partial charge is 0.385 e. The van der Waals surface area contributed by atoms with E-state index in [4.69, 9.17) is 4.74 Å². The Balaban J connectivity index is 1.20. The molecule has 8 heteroatoms. The van der Waals surface area contributed by atoms with Crippen LogP contribution >= 0.6 is 0 Å². The van der Waals surface area contributed by atoms with Crippen molar-refractivity contribution in [2.75, 3.05) is 44.8 Å². The second-order valence-electron chi connectivity index (χ2n) is 12.1. The van der Waals surface area contributed by atoms with Gasteiger partial charge in [0.15, 0.2) is 0 Å². The molecular weight excluding hydrogens is 518 g/mol. The van der Waals surface area contributed by atoms with Gasteiger partial charge in [0.05, 0.1) is 28.3 Å². The fourth-order valence-corrected chi connectivity index (χ4v) is 7.82. The molecular formula is C33H41N3O5. The maximum Gasteiger partial charge on any atom is 0.263 e. The Morgan fingerprint density at radius 3 is 2.59 bits per heavy atom. The lowest BCUT2D eigenvalue weighted by Gasteiger charge is -2.53. The third-order valence-corrected chi connectivity index (χ3v) is 9.85. The zero-order valence-electron chi connectivity index (χ0n) is 24.0. The van der Waals surface area contributed by atoms with Crippen LogP contribution in [0.3, 0.4) is 0 Å². The number of likely N-dealkylation sites (tertiary alicyclic amines) is 1. The second-order valence-corrected chi connectivity index (χ2v) is 12.1. The van der Waals surface area contributed by atoms with E-state index in [9.17, 15) is 19.5 Å². The molecule has 1 unspecified atom stereocenters. The van der Waals surface area contributed by atoms with E-state index in [0.717, 1.165) is 56.3 Å². The number of carbonyl (C=O) groups excluding carboxylic acids is 3. The Hall–Kier alpha value is -3.23. The third kappa shape index (κ3) is 4.95. The molecule has 0 aromatic heterocycles. The summed E-state index contributed by atoms with van der Waals surface area (Å²) in [6.07, 6.45) is 6.76. The molecule has 2 aromatic carbocycles. The standard InChI is InChI=1S/C33H41N3O5/c1-41-21-9-19-36-31(38)25-13-7-16-28(29(25)32(36)39)34-18-8-10-23(22-34)30(37)35-20-17-33(40,24-11-3-2-4-12-24)26-14-5-6-15-27(26)35/h2-4,7,11-13,16,23,26-27,40H,5-6,8-10,14-15,17-22H2,1H3/t23?,26-,27-,33+/m0/s1. The Morgan fingerprint density at radius 1 is 0.976 bits per heavy atom. The van der Waals surface area contributed by atoms with Crippen molar-refractivity contribution in [2.24, 2.45) is 11.8 Å². The molecule has 3 amide bonds. The first kappa shape index (κ1) is 27.9. The molecule has 4 atom stereocenters. The van der Waals surface area contributed by atoms with Crippen LogP contribution in [0.5, 0.6) is 0 Å². The molecule has 2 aromatic rings. The Kier molecular flexibility index (Phi) is 7.88. The number of methoxy groups -OCH3 is 1. The van der Waals surface area contributed by atoms with Crippen molar-refractivity contribution >= 4 is 23.4 Å². The average molecular weight is 560 g/mol. The van der Waals surface area contributed by atoms with Crippen molar-refractivity contribution in [1.82, 2.24) is 9.80 Å². The van der Waals surface area contributed by atoms with Crippen LogP contribution in [-0.4, -0.2) is 78.6 Å². The SMILES string of the molecule is COCCCN1C(=O)c2cccc(N3CCCC(C(=O)N4CC[C@@](O)(c5ccccc5)[C@H]5CCCC[C@@H]54)C3)c2C1=O. The summed E-state index contributed by atoms with van der Waals surface area (Å²) >= 11 is 0. The Labute approximate surface area is 242 Å². The predicted octanol–water partition coefficient (Wildman–Crippen LogP) is 4.21. The summed E-state index contributed by atoms with van der Waals surface area (Å²) in [5.74, 6) is -0.504. The maximum atomic E-state index is 14.2. The van der Waals surface area contributed by atoms with Crippen molar-refractivity contribution < 1.29 is 24.2 Å². The lowest BCUT2D eigenvalue weighted by Crippen LogP contribution is -2.60. The normalized spacial score (nSPS) is 28.0. The number of hydrogen-bond donors (Lipinski definition) is 1. The van der Waals surface area contributed by atoms with Gasteiger partial charge in [0.1, 0.15) is 0 Å². The highest BCUT2D eigenvalue weighted by atomic mass is 16.5. The van der Waals surface area contributed by atoms with E-state index in [1.54, 1.807) is 13.2 Å². The molecule has 4 aliphatic rings. The number of hydrogen-bond acceptors (Lipinski definition) is 6. The van der Waals surface area contributed by atoms with Crippen LogP contribution < -0.4 is 4.90 Å². The zero-order valence-corrected chi connectivity index (χ0v) is 24.0. The Bertz CT molecular complexity index is 1300. The van der Waals surface area contributed by atoms with Crippen LogP contribution in [0.2, 0.25) is 0 Å². The van der Waals surface area contributed by atoms with E-state index in [-0.39, 0.29) is 35.6 Å². The minimum atomic E-state index is -0.908. The number of carbonyl (C=O) groups is 3. The van der Waals surface area contributed by atoms with Crippen molar-refractivity contribution in [2.45, 2.75) is 63.0 Å². The summed E-state index contributed by atoms with van der Waals surface area (Å²) in [7, 11) is 1.61. The summed E-state index contributed by atoms with van der Waals surface area (Å²) in [5.41, 5.74) is 1.70. The van der Waals surface area contributed by atoms with Gasteiger partial charge in [0.2, 0.25) is 5.91 Å². The summed E-state index contributed by atoms with van der Waals surface area (Å²) in [6.45, 7) is 2.62. The number of fused-ring (bicyclic) bond motifs is 2. The minimum Gasteiger partial charge on any atom is -0.385 e. The Morgan fingerprint density at radius 2 is 1.78 bits per heavy atom. The number of amides is 3. The minimum absolute atomic E-state index is 0.0289. The van der Waals surface area contributed by atoms with Gasteiger partial charge in [0, 0.05) is 51.9 Å². The topological polar surface area (TPSA) is 90.4 Å². The lowest BCUT2D eigenvalue weighted by atomic mass is 9.66. The van der Waals surface area contributed by atoms with Gasteiger partial charge >= 0.3 is 0 Å². The van der Waals surface area contributed by atoms with E-state index in [2.05, 4.69) is 9.80 Å². The molecule has 0 radical (unpaired) electrons. The van der Waals surface area contributed by atoms with Crippen LogP contribution in [0.4, 0.5) is 5.69 Å². The highest BCUT2D eigenvalue weighted by Crippen LogP contribution is 2.47. The second kappa shape index (κ2) is 11.6. The summed E-state index contributed by atoms with van der Waals surface area (Å²) in [4.78, 5) is 46.2. The predicted molar refractivity (Wildman–Crippen MR) is 156 cm³/mol. The summed E-state index contributed by atoms with van der Waals surface area (Å²) in [6, 6.07) is 15.5. The van der Waals surface area contributed by atoms with E-state index >= 15 is 0 Å². The lowest BCUT2D eigenvalue weighted by molar-refractivity contribution is -0.158. The number of nitrogens with zero attached hydrogens (tertiary/aromatic N) is 3. The molecule has 3 fully saturated rings. The maximum absolute atomic E-state index is 14.2. The van der Waals surface area contributed by atoms with Gasteiger partial charge in [-0.2, -0.15) is 0 Å². The highest BCUT2D eigenvalue weighted by Gasteiger charge is 2.51. The molecule has 3 heterocycles. The van der Waals surface area contributed by atoms with Gasteiger partial charge in [-0.1, -0.05) is 49.2 Å². The van der Waals surface area contributed by atoms with E-state index < -0.39 is 5.60 Å². The number of piperidine rings is 2. The zero-order chi connectivity index (χ0) is 28.6. The first-order valence-corrected chi connectivity index (χ1v) is 15.3. The van der Waals surface area contributed by atoms with Gasteiger partial charge < -0.3 is 19.6 Å². The molecule has 1 aliphatic carbocycles. The molecule has 41 heavy (non-hydrogen) atoms. The number of imide groups is 1. The monoisotopic (exact) mass is 559 g/mol. The summed E-state index contributed by atoms with van der Waals surface area (Å²) < 4.78 is 5.11. The number of benzene rings is 2. The van der Waals surface area contributed by atoms with E-state index in [1.807, 2.05) is 42.5 Å². The van der Waals surface area contributed by atoms with E-state index in [0.29, 0.717) is 50.2 Å². The summed E-state index contributed by atoms with van der Waals surface area (Å²) in [5, 5.41) is 11.9. The van der Waals surface area contributed by atoms with Crippen LogP contribution in [0.1, 0.15) is 77.6 Å². The fourth-order valence-electron chi connectivity index (χ4n) is 7.82. The molecule has 0 bridgehead atoms. The molecule has 1 N–H and O–H groups in total. The molecule has 6 rings (SSSR count). The smallest absolute Gasteiger partial charge is 0.263 e. The van der Waals surface area contributed by atoms with Gasteiger partial charge in [-0.05, 0) is 56.2 Å². The van der Waals surface area contributed by atoms with Crippen molar-refractivity contribution in [1.29, 1.82) is 0 Å². The van der Waals surface area contributed by atoms with Crippen LogP contribution in [-0.2, 0) is 15.1 Å². The van der Waals surface area contributed by atoms with Crippen molar-refractivity contribution in [3.63, 3.8) is 0 Å². The molecule has 218 valence electrons. The van der Waals surface area contributed by atoms with Gasteiger partial charge in [0.25, 0.3) is 11.8 Å². The van der Waals surface area contributed by atoms with Crippen LogP contribution in [0, 0.1) is 11.8 Å². The van der Waals surface area contributed by atoms with Crippen molar-refractivity contribution in [3.05, 3.63) is 65.2 Å². The third-order valence-electron chi connectivity index (χ3n) is 9.85. The molecule has 2 saturated heterocycles. The molecule has 1 saturated carbocycles. The first-order chi connectivity index (χ1) is 19.9. The van der Waals surface area contributed by atoms with Gasteiger partial charge in [-0.3, -0.25) is 19.3 Å². The first-order valence-electron chi connectivity index (χ1n) is 15.3. The number of ether oxygens (including phenoxy) is 1. The number of rotatable bonds is 7. The van der Waals surface area contributed by atoms with Gasteiger partial charge in [-0.15, -0.1) is 0 Å². The van der Waals surface area contributed by atoms with Crippen LogP contribution in [0.15, 0.2) is 48.5 Å². The van der Waals surface area contributed by atoms with Crippen LogP contribution in [0.25, 0.3) is 0 Å². The number of aliphatic hydroxyl groups is 1. The van der Waals surface area contributed by atoms with E-state index in [1.165, 1.54) is 4.90 Å². The average Bonchev–Trinajstić information content (AvgIpc) is 3.26. The quantitative estimate of drug-likeness (QED) is 0.404. The van der Waals surface area contributed by atoms with Gasteiger partial charge in [-0.25, -0.2) is 0 Å². The molecule has 8 nitrogen and oxygen atoms in total. The molecule has 0 spiro atoms.